The quantitative estimate of drug-likeness (QED) is 0.611. The van der Waals surface area contributed by atoms with Crippen LogP contribution in [0.4, 0.5) is 0 Å². The Balaban J connectivity index is 2.83. The molecule has 2 heteroatoms. The summed E-state index contributed by atoms with van der Waals surface area (Å²) >= 11 is 0. The smallest absolute Gasteiger partial charge is 0.219 e. The third-order valence-corrected chi connectivity index (χ3v) is 3.56. The van der Waals surface area contributed by atoms with Gasteiger partial charge in [-0.05, 0) is 32.1 Å². The third-order valence-electron chi connectivity index (χ3n) is 3.56. The van der Waals surface area contributed by atoms with E-state index in [9.17, 15) is 4.79 Å². The lowest BCUT2D eigenvalue weighted by Gasteiger charge is -2.47. The van der Waals surface area contributed by atoms with Gasteiger partial charge in [-0.25, -0.2) is 0 Å². The van der Waals surface area contributed by atoms with Crippen molar-refractivity contribution in [3.05, 3.63) is 0 Å². The lowest BCUT2D eigenvalue weighted by atomic mass is 9.79. The molecule has 0 aromatic carbocycles. The fourth-order valence-corrected chi connectivity index (χ4v) is 2.26. The van der Waals surface area contributed by atoms with Gasteiger partial charge in [0.2, 0.25) is 5.91 Å². The predicted molar refractivity (Wildman–Crippen MR) is 54.5 cm³/mol. The van der Waals surface area contributed by atoms with E-state index in [1.807, 2.05) is 0 Å². The summed E-state index contributed by atoms with van der Waals surface area (Å²) < 4.78 is 0. The maximum Gasteiger partial charge on any atom is 0.219 e. The lowest BCUT2D eigenvalue weighted by molar-refractivity contribution is -0.139. The molecular formula is C11H21NO. The van der Waals surface area contributed by atoms with Crippen LogP contribution in [0.5, 0.6) is 0 Å². The number of carbonyl (C=O) groups excluding carboxylic acids is 1. The van der Waals surface area contributed by atoms with E-state index in [-0.39, 0.29) is 11.4 Å². The van der Waals surface area contributed by atoms with Crippen LogP contribution < -0.4 is 0 Å². The first-order valence-electron chi connectivity index (χ1n) is 5.26. The highest BCUT2D eigenvalue weighted by Crippen LogP contribution is 2.34. The number of piperidine rings is 1. The zero-order chi connectivity index (χ0) is 10.1. The van der Waals surface area contributed by atoms with Crippen molar-refractivity contribution in [2.24, 2.45) is 5.92 Å². The molecule has 1 aliphatic rings. The standard InChI is InChI=1S/C11H21NO/c1-9(2)11(4)7-5-6-8-12(11)10(3)13/h9H,5-8H2,1-4H3. The fraction of sp³-hybridized carbons (Fsp3) is 0.909. The first kappa shape index (κ1) is 10.6. The zero-order valence-electron chi connectivity index (χ0n) is 9.26. The van der Waals surface area contributed by atoms with Crippen molar-refractivity contribution in [3.63, 3.8) is 0 Å². The Morgan fingerprint density at radius 1 is 1.38 bits per heavy atom. The Morgan fingerprint density at radius 3 is 2.38 bits per heavy atom. The van der Waals surface area contributed by atoms with Gasteiger partial charge in [0.15, 0.2) is 0 Å². The molecule has 0 aliphatic carbocycles. The molecule has 1 aliphatic heterocycles. The highest BCUT2D eigenvalue weighted by atomic mass is 16.2. The van der Waals surface area contributed by atoms with Gasteiger partial charge in [0.25, 0.3) is 0 Å². The summed E-state index contributed by atoms with van der Waals surface area (Å²) in [6.07, 6.45) is 3.59. The summed E-state index contributed by atoms with van der Waals surface area (Å²) in [6.45, 7) is 9.27. The second kappa shape index (κ2) is 3.69. The summed E-state index contributed by atoms with van der Waals surface area (Å²) in [4.78, 5) is 13.5. The number of hydrogen-bond acceptors (Lipinski definition) is 1. The highest BCUT2D eigenvalue weighted by Gasteiger charge is 2.38. The van der Waals surface area contributed by atoms with Gasteiger partial charge < -0.3 is 4.90 Å². The Kier molecular flexibility index (Phi) is 2.99. The van der Waals surface area contributed by atoms with E-state index >= 15 is 0 Å². The van der Waals surface area contributed by atoms with E-state index in [1.54, 1.807) is 6.92 Å². The zero-order valence-corrected chi connectivity index (χ0v) is 9.26. The molecular weight excluding hydrogens is 162 g/mol. The fourth-order valence-electron chi connectivity index (χ4n) is 2.26. The van der Waals surface area contributed by atoms with Gasteiger partial charge >= 0.3 is 0 Å². The summed E-state index contributed by atoms with van der Waals surface area (Å²) in [5.74, 6) is 0.785. The highest BCUT2D eigenvalue weighted by molar-refractivity contribution is 5.74. The van der Waals surface area contributed by atoms with Crippen molar-refractivity contribution in [1.29, 1.82) is 0 Å². The van der Waals surface area contributed by atoms with Crippen LogP contribution in [0.1, 0.15) is 47.0 Å². The van der Waals surface area contributed by atoms with Crippen molar-refractivity contribution in [3.8, 4) is 0 Å². The van der Waals surface area contributed by atoms with Crippen LogP contribution >= 0.6 is 0 Å². The van der Waals surface area contributed by atoms with Gasteiger partial charge in [-0.1, -0.05) is 13.8 Å². The normalized spacial score (nSPS) is 29.5. The number of rotatable bonds is 1. The minimum atomic E-state index is 0.101. The molecule has 1 heterocycles. The minimum absolute atomic E-state index is 0.101. The summed E-state index contributed by atoms with van der Waals surface area (Å²) in [6, 6.07) is 0. The van der Waals surface area contributed by atoms with Crippen LogP contribution in [0.3, 0.4) is 0 Å². The molecule has 76 valence electrons. The lowest BCUT2D eigenvalue weighted by Crippen LogP contribution is -2.55. The largest absolute Gasteiger partial charge is 0.337 e. The number of hydrogen-bond donors (Lipinski definition) is 0. The van der Waals surface area contributed by atoms with Crippen molar-refractivity contribution >= 4 is 5.91 Å². The first-order valence-corrected chi connectivity index (χ1v) is 5.26. The van der Waals surface area contributed by atoms with Gasteiger partial charge in [0, 0.05) is 19.0 Å². The second-order valence-electron chi connectivity index (χ2n) is 4.64. The van der Waals surface area contributed by atoms with Gasteiger partial charge in [-0.3, -0.25) is 4.79 Å². The van der Waals surface area contributed by atoms with Crippen LogP contribution in [-0.2, 0) is 4.79 Å². The molecule has 0 N–H and O–H groups in total. The molecule has 0 spiro atoms. The average Bonchev–Trinajstić information content (AvgIpc) is 2.04. The summed E-state index contributed by atoms with van der Waals surface area (Å²) in [7, 11) is 0. The van der Waals surface area contributed by atoms with Crippen molar-refractivity contribution in [2.45, 2.75) is 52.5 Å². The molecule has 0 bridgehead atoms. The molecule has 1 rings (SSSR count). The first-order chi connectivity index (χ1) is 5.98. The number of carbonyl (C=O) groups is 1. The molecule has 0 aromatic heterocycles. The SMILES string of the molecule is CC(=O)N1CCCCC1(C)C(C)C. The van der Waals surface area contributed by atoms with E-state index in [0.717, 1.165) is 13.0 Å². The van der Waals surface area contributed by atoms with E-state index in [2.05, 4.69) is 25.7 Å². The molecule has 1 atom stereocenters. The van der Waals surface area contributed by atoms with Crippen molar-refractivity contribution < 1.29 is 4.79 Å². The van der Waals surface area contributed by atoms with E-state index in [0.29, 0.717) is 5.92 Å². The van der Waals surface area contributed by atoms with E-state index in [4.69, 9.17) is 0 Å². The monoisotopic (exact) mass is 183 g/mol. The molecule has 1 amide bonds. The molecule has 1 saturated heterocycles. The molecule has 13 heavy (non-hydrogen) atoms. The van der Waals surface area contributed by atoms with Gasteiger partial charge in [-0.2, -0.15) is 0 Å². The van der Waals surface area contributed by atoms with Crippen molar-refractivity contribution in [2.75, 3.05) is 6.54 Å². The number of likely N-dealkylation sites (tertiary alicyclic amines) is 1. The summed E-state index contributed by atoms with van der Waals surface area (Å²) in [5.41, 5.74) is 0.101. The van der Waals surface area contributed by atoms with Gasteiger partial charge in [-0.15, -0.1) is 0 Å². The average molecular weight is 183 g/mol. The van der Waals surface area contributed by atoms with Crippen LogP contribution in [0.15, 0.2) is 0 Å². The predicted octanol–water partition coefficient (Wildman–Crippen LogP) is 2.43. The molecule has 0 saturated carbocycles. The van der Waals surface area contributed by atoms with Crippen LogP contribution in [0.25, 0.3) is 0 Å². The Morgan fingerprint density at radius 2 is 2.00 bits per heavy atom. The Hall–Kier alpha value is -0.530. The molecule has 1 unspecified atom stereocenters. The second-order valence-corrected chi connectivity index (χ2v) is 4.64. The number of amides is 1. The Bertz CT molecular complexity index is 200. The minimum Gasteiger partial charge on any atom is -0.337 e. The summed E-state index contributed by atoms with van der Waals surface area (Å²) in [5, 5.41) is 0. The van der Waals surface area contributed by atoms with Crippen LogP contribution in [-0.4, -0.2) is 22.9 Å². The number of nitrogens with zero attached hydrogens (tertiary/aromatic N) is 1. The van der Waals surface area contributed by atoms with Crippen molar-refractivity contribution in [1.82, 2.24) is 4.90 Å². The van der Waals surface area contributed by atoms with Crippen LogP contribution in [0, 0.1) is 5.92 Å². The molecule has 1 fully saturated rings. The molecule has 0 radical (unpaired) electrons. The molecule has 2 nitrogen and oxygen atoms in total. The maximum absolute atomic E-state index is 11.4. The molecule has 0 aromatic rings. The third kappa shape index (κ3) is 1.87. The maximum atomic E-state index is 11.4. The van der Waals surface area contributed by atoms with E-state index < -0.39 is 0 Å². The van der Waals surface area contributed by atoms with Crippen LogP contribution in [0.2, 0.25) is 0 Å². The Labute approximate surface area is 81.3 Å². The van der Waals surface area contributed by atoms with Gasteiger partial charge in [0.1, 0.15) is 0 Å². The van der Waals surface area contributed by atoms with Gasteiger partial charge in [0.05, 0.1) is 0 Å². The van der Waals surface area contributed by atoms with E-state index in [1.165, 1.54) is 12.8 Å². The topological polar surface area (TPSA) is 20.3 Å².